The van der Waals surface area contributed by atoms with Gasteiger partial charge in [-0.15, -0.1) is 0 Å². The number of carbonyl (C=O) groups is 1. The van der Waals surface area contributed by atoms with E-state index >= 15 is 0 Å². The van der Waals surface area contributed by atoms with Crippen molar-refractivity contribution in [3.63, 3.8) is 0 Å². The number of hydrogen-bond donors (Lipinski definition) is 1. The fourth-order valence-corrected chi connectivity index (χ4v) is 3.14. The molecule has 0 atom stereocenters. The molecule has 0 fully saturated rings. The number of pyridine rings is 1. The lowest BCUT2D eigenvalue weighted by Crippen LogP contribution is -2.27. The third-order valence-electron chi connectivity index (χ3n) is 4.36. The zero-order valence-corrected chi connectivity index (χ0v) is 13.8. The number of benzene rings is 1. The molecule has 0 unspecified atom stereocenters. The average molecular weight is 333 g/mol. The average Bonchev–Trinajstić information content (AvgIpc) is 3.19. The van der Waals surface area contributed by atoms with E-state index < -0.39 is 0 Å². The predicted octanol–water partition coefficient (Wildman–Crippen LogP) is 3.69. The van der Waals surface area contributed by atoms with Crippen molar-refractivity contribution in [2.75, 3.05) is 11.4 Å². The van der Waals surface area contributed by atoms with E-state index in [1.54, 1.807) is 18.4 Å². The first-order chi connectivity index (χ1) is 12.3. The monoisotopic (exact) mass is 333 g/mol. The summed E-state index contributed by atoms with van der Waals surface area (Å²) in [5.74, 6) is 1.32. The molecule has 0 saturated heterocycles. The molecule has 1 aliphatic rings. The second kappa shape index (κ2) is 6.81. The maximum atomic E-state index is 12.4. The minimum absolute atomic E-state index is 0.205. The van der Waals surface area contributed by atoms with Gasteiger partial charge in [0.25, 0.3) is 5.91 Å². The number of hydrogen-bond acceptors (Lipinski definition) is 4. The Hall–Kier alpha value is -3.08. The second-order valence-electron chi connectivity index (χ2n) is 6.03. The number of nitrogens with one attached hydrogen (secondary N) is 1. The fraction of sp³-hybridized carbons (Fsp3) is 0.200. The minimum Gasteiger partial charge on any atom is -0.467 e. The van der Waals surface area contributed by atoms with Crippen molar-refractivity contribution in [3.05, 3.63) is 77.9 Å². The van der Waals surface area contributed by atoms with Crippen LogP contribution in [0.15, 0.2) is 65.3 Å². The van der Waals surface area contributed by atoms with E-state index in [2.05, 4.69) is 33.4 Å². The number of nitrogens with zero attached hydrogens (tertiary/aromatic N) is 2. The van der Waals surface area contributed by atoms with Crippen molar-refractivity contribution in [3.8, 4) is 0 Å². The molecule has 5 heteroatoms. The quantitative estimate of drug-likeness (QED) is 0.791. The summed E-state index contributed by atoms with van der Waals surface area (Å²) < 4.78 is 5.23. The van der Waals surface area contributed by atoms with Crippen molar-refractivity contribution in [1.82, 2.24) is 10.3 Å². The molecule has 1 aliphatic heterocycles. The maximum Gasteiger partial charge on any atom is 0.270 e. The molecule has 0 aliphatic carbocycles. The Morgan fingerprint density at radius 2 is 2.04 bits per heavy atom. The molecule has 126 valence electrons. The van der Waals surface area contributed by atoms with Gasteiger partial charge in [-0.1, -0.05) is 24.3 Å². The fourth-order valence-electron chi connectivity index (χ4n) is 3.14. The normalized spacial score (nSPS) is 13.4. The van der Waals surface area contributed by atoms with Crippen molar-refractivity contribution in [2.45, 2.75) is 19.4 Å². The van der Waals surface area contributed by atoms with Crippen LogP contribution in [0.5, 0.6) is 0 Å². The molecule has 1 aromatic carbocycles. The third-order valence-corrected chi connectivity index (χ3v) is 4.36. The largest absolute Gasteiger partial charge is 0.467 e. The van der Waals surface area contributed by atoms with Crippen LogP contribution < -0.4 is 10.2 Å². The molecule has 4 rings (SSSR count). The summed E-state index contributed by atoms with van der Waals surface area (Å²) >= 11 is 0. The summed E-state index contributed by atoms with van der Waals surface area (Å²) in [6.07, 6.45) is 3.75. The van der Waals surface area contributed by atoms with Crippen molar-refractivity contribution < 1.29 is 9.21 Å². The van der Waals surface area contributed by atoms with Gasteiger partial charge in [0.15, 0.2) is 0 Å². The van der Waals surface area contributed by atoms with E-state index in [1.165, 1.54) is 11.3 Å². The molecular formula is C20H19N3O2. The molecule has 25 heavy (non-hydrogen) atoms. The molecule has 0 radical (unpaired) electrons. The van der Waals surface area contributed by atoms with Crippen LogP contribution in [-0.2, 0) is 13.0 Å². The molecule has 1 N–H and O–H groups in total. The Kier molecular flexibility index (Phi) is 4.21. The maximum absolute atomic E-state index is 12.4. The van der Waals surface area contributed by atoms with Gasteiger partial charge in [0.2, 0.25) is 0 Å². The number of rotatable bonds is 4. The molecule has 2 aromatic heterocycles. The first-order valence-electron chi connectivity index (χ1n) is 8.44. The highest BCUT2D eigenvalue weighted by molar-refractivity contribution is 5.92. The van der Waals surface area contributed by atoms with Crippen LogP contribution in [-0.4, -0.2) is 17.4 Å². The SMILES string of the molecule is O=C(NCc1ccco1)c1cccc(N2CCCc3ccccc32)n1. The third kappa shape index (κ3) is 3.26. The second-order valence-corrected chi connectivity index (χ2v) is 6.03. The van der Waals surface area contributed by atoms with Crippen LogP contribution in [0.25, 0.3) is 0 Å². The Morgan fingerprint density at radius 1 is 1.12 bits per heavy atom. The van der Waals surface area contributed by atoms with Crippen LogP contribution in [0.2, 0.25) is 0 Å². The number of anilines is 2. The Labute approximate surface area is 146 Å². The summed E-state index contributed by atoms with van der Waals surface area (Å²) in [7, 11) is 0. The van der Waals surface area contributed by atoms with Crippen LogP contribution in [0, 0.1) is 0 Å². The summed E-state index contributed by atoms with van der Waals surface area (Å²) in [6, 6.07) is 17.6. The van der Waals surface area contributed by atoms with Crippen LogP contribution >= 0.6 is 0 Å². The van der Waals surface area contributed by atoms with Crippen molar-refractivity contribution in [1.29, 1.82) is 0 Å². The Morgan fingerprint density at radius 3 is 2.92 bits per heavy atom. The molecule has 0 saturated carbocycles. The smallest absolute Gasteiger partial charge is 0.270 e. The zero-order valence-electron chi connectivity index (χ0n) is 13.8. The van der Waals surface area contributed by atoms with Gasteiger partial charge in [-0.2, -0.15) is 0 Å². The van der Waals surface area contributed by atoms with Crippen LogP contribution in [0.4, 0.5) is 11.5 Å². The summed E-state index contributed by atoms with van der Waals surface area (Å²) in [4.78, 5) is 19.1. The summed E-state index contributed by atoms with van der Waals surface area (Å²) in [5.41, 5.74) is 2.91. The molecular weight excluding hydrogens is 314 g/mol. The number of fused-ring (bicyclic) bond motifs is 1. The number of carbonyl (C=O) groups excluding carboxylic acids is 1. The van der Waals surface area contributed by atoms with E-state index in [0.29, 0.717) is 12.2 Å². The lowest BCUT2D eigenvalue weighted by atomic mass is 10.0. The lowest BCUT2D eigenvalue weighted by Gasteiger charge is -2.30. The number of furan rings is 1. The Bertz CT molecular complexity index is 874. The van der Waals surface area contributed by atoms with Crippen LogP contribution in [0.3, 0.4) is 0 Å². The highest BCUT2D eigenvalue weighted by atomic mass is 16.3. The van der Waals surface area contributed by atoms with Gasteiger partial charge in [0.05, 0.1) is 12.8 Å². The molecule has 3 aromatic rings. The molecule has 0 bridgehead atoms. The van der Waals surface area contributed by atoms with E-state index in [9.17, 15) is 4.79 Å². The van der Waals surface area contributed by atoms with Gasteiger partial charge in [-0.3, -0.25) is 4.79 Å². The number of amides is 1. The van der Waals surface area contributed by atoms with Crippen molar-refractivity contribution >= 4 is 17.4 Å². The summed E-state index contributed by atoms with van der Waals surface area (Å²) in [6.45, 7) is 1.26. The first kappa shape index (κ1) is 15.4. The van der Waals surface area contributed by atoms with E-state index in [1.807, 2.05) is 24.3 Å². The van der Waals surface area contributed by atoms with Gasteiger partial charge in [-0.05, 0) is 48.7 Å². The molecule has 5 nitrogen and oxygen atoms in total. The van der Waals surface area contributed by atoms with Crippen molar-refractivity contribution in [2.24, 2.45) is 0 Å². The highest BCUT2D eigenvalue weighted by Gasteiger charge is 2.19. The topological polar surface area (TPSA) is 58.4 Å². The van der Waals surface area contributed by atoms with E-state index in [-0.39, 0.29) is 5.91 Å². The summed E-state index contributed by atoms with van der Waals surface area (Å²) in [5, 5.41) is 2.84. The van der Waals surface area contributed by atoms with Gasteiger partial charge in [0, 0.05) is 12.2 Å². The number of aromatic nitrogens is 1. The molecule has 0 spiro atoms. The Balaban J connectivity index is 1.55. The first-order valence-corrected chi connectivity index (χ1v) is 8.44. The zero-order chi connectivity index (χ0) is 17.1. The number of para-hydroxylation sites is 1. The highest BCUT2D eigenvalue weighted by Crippen LogP contribution is 2.32. The minimum atomic E-state index is -0.205. The lowest BCUT2D eigenvalue weighted by molar-refractivity contribution is 0.0943. The van der Waals surface area contributed by atoms with E-state index in [4.69, 9.17) is 4.42 Å². The number of aryl methyl sites for hydroxylation is 1. The predicted molar refractivity (Wildman–Crippen MR) is 95.9 cm³/mol. The van der Waals surface area contributed by atoms with Gasteiger partial charge in [0.1, 0.15) is 17.3 Å². The molecule has 3 heterocycles. The van der Waals surface area contributed by atoms with Gasteiger partial charge < -0.3 is 14.6 Å². The molecule has 1 amide bonds. The van der Waals surface area contributed by atoms with E-state index in [0.717, 1.165) is 31.0 Å². The van der Waals surface area contributed by atoms with Gasteiger partial charge in [-0.25, -0.2) is 4.98 Å². The van der Waals surface area contributed by atoms with Crippen LogP contribution in [0.1, 0.15) is 28.2 Å². The standard InChI is InChI=1S/C20H19N3O2/c24-20(21-14-16-8-5-13-25-16)17-9-3-11-19(22-17)23-12-4-7-15-6-1-2-10-18(15)23/h1-3,5-6,8-11,13H,4,7,12,14H2,(H,21,24). The van der Waals surface area contributed by atoms with Gasteiger partial charge >= 0.3 is 0 Å².